The zero-order valence-corrected chi connectivity index (χ0v) is 19.2. The molecule has 3 aromatic rings. The summed E-state index contributed by atoms with van der Waals surface area (Å²) in [6, 6.07) is 15.3. The number of aryl methyl sites for hydroxylation is 1. The van der Waals surface area contributed by atoms with Crippen LogP contribution in [0.25, 0.3) is 0 Å². The second-order valence-corrected chi connectivity index (χ2v) is 8.38. The van der Waals surface area contributed by atoms with Crippen molar-refractivity contribution in [1.29, 1.82) is 0 Å². The summed E-state index contributed by atoms with van der Waals surface area (Å²) in [5.41, 5.74) is 3.21. The lowest BCUT2D eigenvalue weighted by atomic mass is 10.1. The molecule has 1 aliphatic heterocycles. The van der Waals surface area contributed by atoms with E-state index in [-0.39, 0.29) is 18.2 Å². The molecule has 0 aliphatic carbocycles. The van der Waals surface area contributed by atoms with Crippen LogP contribution >= 0.6 is 23.8 Å². The van der Waals surface area contributed by atoms with Gasteiger partial charge in [-0.2, -0.15) is 5.10 Å². The summed E-state index contributed by atoms with van der Waals surface area (Å²) in [6.07, 6.45) is 1.72. The zero-order chi connectivity index (χ0) is 22.8. The molecule has 4 rings (SSSR count). The van der Waals surface area contributed by atoms with E-state index in [2.05, 4.69) is 10.4 Å². The van der Waals surface area contributed by atoms with E-state index in [1.54, 1.807) is 40.0 Å². The Morgan fingerprint density at radius 2 is 1.84 bits per heavy atom. The number of hydrogen-bond donors (Lipinski definition) is 1. The van der Waals surface area contributed by atoms with Gasteiger partial charge in [-0.05, 0) is 55.5 Å². The summed E-state index contributed by atoms with van der Waals surface area (Å²) < 4.78 is 1.77. The lowest BCUT2D eigenvalue weighted by Crippen LogP contribution is -2.37. The van der Waals surface area contributed by atoms with Gasteiger partial charge in [-0.15, -0.1) is 0 Å². The molecule has 2 amide bonds. The highest BCUT2D eigenvalue weighted by atomic mass is 35.5. The first-order valence-electron chi connectivity index (χ1n) is 10.1. The van der Waals surface area contributed by atoms with Crippen molar-refractivity contribution in [3.63, 3.8) is 0 Å². The minimum Gasteiger partial charge on any atom is -0.331 e. The molecule has 7 nitrogen and oxygen atoms in total. The van der Waals surface area contributed by atoms with Crippen LogP contribution in [0, 0.1) is 6.92 Å². The van der Waals surface area contributed by atoms with Crippen molar-refractivity contribution >= 4 is 52.1 Å². The maximum Gasteiger partial charge on any atom is 0.256 e. The third-order valence-corrected chi connectivity index (χ3v) is 6.19. The van der Waals surface area contributed by atoms with Crippen molar-refractivity contribution in [2.75, 3.05) is 10.2 Å². The molecule has 1 N–H and O–H groups in total. The molecule has 0 saturated carbocycles. The SMILES string of the molecule is Cc1c(CN2C(=S)N(c3ccccc3)C(=O)[C@H]2CC(=O)Nc2ccc(Cl)cc2)cnn1C. The van der Waals surface area contributed by atoms with Crippen LogP contribution in [0.4, 0.5) is 11.4 Å². The van der Waals surface area contributed by atoms with Gasteiger partial charge < -0.3 is 10.2 Å². The molecule has 1 atom stereocenters. The molecule has 1 aromatic heterocycles. The number of anilines is 2. The Balaban J connectivity index is 1.60. The summed E-state index contributed by atoms with van der Waals surface area (Å²) >= 11 is 11.6. The summed E-state index contributed by atoms with van der Waals surface area (Å²) in [5.74, 6) is -0.509. The van der Waals surface area contributed by atoms with Gasteiger partial charge in [0.1, 0.15) is 6.04 Å². The Morgan fingerprint density at radius 3 is 2.47 bits per heavy atom. The van der Waals surface area contributed by atoms with Crippen LogP contribution in [-0.4, -0.2) is 37.6 Å². The average Bonchev–Trinajstić information content (AvgIpc) is 3.21. The van der Waals surface area contributed by atoms with E-state index in [1.165, 1.54) is 4.90 Å². The van der Waals surface area contributed by atoms with Gasteiger partial charge in [0.05, 0.1) is 18.3 Å². The van der Waals surface area contributed by atoms with Crippen molar-refractivity contribution in [2.24, 2.45) is 7.05 Å². The summed E-state index contributed by atoms with van der Waals surface area (Å²) in [6.45, 7) is 2.34. The van der Waals surface area contributed by atoms with Gasteiger partial charge >= 0.3 is 0 Å². The number of aromatic nitrogens is 2. The predicted octanol–water partition coefficient (Wildman–Crippen LogP) is 3.91. The first-order chi connectivity index (χ1) is 15.3. The van der Waals surface area contributed by atoms with Crippen LogP contribution in [0.15, 0.2) is 60.8 Å². The predicted molar refractivity (Wildman–Crippen MR) is 129 cm³/mol. The van der Waals surface area contributed by atoms with E-state index >= 15 is 0 Å². The smallest absolute Gasteiger partial charge is 0.256 e. The Morgan fingerprint density at radius 1 is 1.16 bits per heavy atom. The summed E-state index contributed by atoms with van der Waals surface area (Å²) in [7, 11) is 1.86. The number of benzene rings is 2. The number of carbonyl (C=O) groups is 2. The molecule has 1 fully saturated rings. The molecule has 0 spiro atoms. The number of nitrogens with zero attached hydrogens (tertiary/aromatic N) is 4. The number of amides is 2. The first-order valence-corrected chi connectivity index (χ1v) is 10.9. The average molecular weight is 468 g/mol. The fourth-order valence-corrected chi connectivity index (χ4v) is 4.15. The molecule has 0 radical (unpaired) electrons. The molecule has 2 aromatic carbocycles. The van der Waals surface area contributed by atoms with E-state index < -0.39 is 6.04 Å². The normalized spacial score (nSPS) is 16.0. The summed E-state index contributed by atoms with van der Waals surface area (Å²) in [5, 5.41) is 8.07. The van der Waals surface area contributed by atoms with E-state index in [1.807, 2.05) is 44.3 Å². The lowest BCUT2D eigenvalue weighted by Gasteiger charge is -2.23. The van der Waals surface area contributed by atoms with Crippen molar-refractivity contribution < 1.29 is 9.59 Å². The van der Waals surface area contributed by atoms with Crippen LogP contribution in [0.5, 0.6) is 0 Å². The monoisotopic (exact) mass is 467 g/mol. The maximum atomic E-state index is 13.4. The van der Waals surface area contributed by atoms with E-state index in [4.69, 9.17) is 23.8 Å². The largest absolute Gasteiger partial charge is 0.331 e. The highest BCUT2D eigenvalue weighted by Crippen LogP contribution is 2.29. The van der Waals surface area contributed by atoms with E-state index in [9.17, 15) is 9.59 Å². The Hall–Kier alpha value is -3.23. The number of carbonyl (C=O) groups excluding carboxylic acids is 2. The van der Waals surface area contributed by atoms with Crippen molar-refractivity contribution in [1.82, 2.24) is 14.7 Å². The number of para-hydroxylation sites is 1. The molecule has 0 bridgehead atoms. The zero-order valence-electron chi connectivity index (χ0n) is 17.7. The Labute approximate surface area is 196 Å². The number of rotatable bonds is 6. The molecule has 32 heavy (non-hydrogen) atoms. The van der Waals surface area contributed by atoms with Gasteiger partial charge in [0.15, 0.2) is 5.11 Å². The van der Waals surface area contributed by atoms with Gasteiger partial charge in [-0.25, -0.2) is 0 Å². The van der Waals surface area contributed by atoms with Gasteiger partial charge in [0.2, 0.25) is 5.91 Å². The second kappa shape index (κ2) is 9.10. The minimum atomic E-state index is -0.727. The molecule has 0 unspecified atom stereocenters. The molecule has 1 saturated heterocycles. The van der Waals surface area contributed by atoms with Crippen molar-refractivity contribution in [3.05, 3.63) is 77.1 Å². The van der Waals surface area contributed by atoms with Gasteiger partial charge in [0.25, 0.3) is 5.91 Å². The number of nitrogens with one attached hydrogen (secondary N) is 1. The quantitative estimate of drug-likeness (QED) is 0.556. The standard InChI is InChI=1S/C23H22ClN5O2S/c1-15-16(13-25-27(15)2)14-28-20(12-21(30)26-18-10-8-17(24)9-11-18)22(31)29(23(28)32)19-6-4-3-5-7-19/h3-11,13,20H,12,14H2,1-2H3,(H,26,30)/t20-/m1/s1. The van der Waals surface area contributed by atoms with Gasteiger partial charge in [0, 0.05) is 35.6 Å². The minimum absolute atomic E-state index is 0.0375. The van der Waals surface area contributed by atoms with Crippen molar-refractivity contribution in [3.8, 4) is 0 Å². The number of thiocarbonyl (C=S) groups is 1. The van der Waals surface area contributed by atoms with Crippen molar-refractivity contribution in [2.45, 2.75) is 25.9 Å². The van der Waals surface area contributed by atoms with Crippen LogP contribution in [0.3, 0.4) is 0 Å². The molecule has 9 heteroatoms. The van der Waals surface area contributed by atoms with Crippen LogP contribution < -0.4 is 10.2 Å². The van der Waals surface area contributed by atoms with Gasteiger partial charge in [-0.1, -0.05) is 29.8 Å². The van der Waals surface area contributed by atoms with Crippen LogP contribution in [0.2, 0.25) is 5.02 Å². The van der Waals surface area contributed by atoms with Gasteiger partial charge in [-0.3, -0.25) is 19.2 Å². The summed E-state index contributed by atoms with van der Waals surface area (Å²) in [4.78, 5) is 29.5. The second-order valence-electron chi connectivity index (χ2n) is 7.57. The number of hydrogen-bond acceptors (Lipinski definition) is 4. The Bertz CT molecular complexity index is 1160. The maximum absolute atomic E-state index is 13.4. The van der Waals surface area contributed by atoms with E-state index in [0.29, 0.717) is 28.1 Å². The van der Waals surface area contributed by atoms with Crippen LogP contribution in [-0.2, 0) is 23.2 Å². The molecule has 1 aliphatic rings. The first kappa shape index (κ1) is 22.0. The highest BCUT2D eigenvalue weighted by Gasteiger charge is 2.44. The highest BCUT2D eigenvalue weighted by molar-refractivity contribution is 7.80. The number of halogens is 1. The molecular formula is C23H22ClN5O2S. The third kappa shape index (κ3) is 4.37. The Kier molecular flexibility index (Phi) is 6.25. The van der Waals surface area contributed by atoms with Crippen LogP contribution in [0.1, 0.15) is 17.7 Å². The fraction of sp³-hybridized carbons (Fsp3) is 0.217. The third-order valence-electron chi connectivity index (χ3n) is 5.52. The topological polar surface area (TPSA) is 70.5 Å². The lowest BCUT2D eigenvalue weighted by molar-refractivity contribution is -0.124. The molecular weight excluding hydrogens is 446 g/mol. The fourth-order valence-electron chi connectivity index (χ4n) is 3.63. The molecule has 2 heterocycles. The van der Waals surface area contributed by atoms with E-state index in [0.717, 1.165) is 11.3 Å². The molecule has 164 valence electrons.